The number of carbonyl (C=O) groups is 1. The van der Waals surface area contributed by atoms with Crippen LogP contribution in [0.15, 0.2) is 53.4 Å². The van der Waals surface area contributed by atoms with Crippen LogP contribution in [0.4, 0.5) is 5.69 Å². The van der Waals surface area contributed by atoms with Gasteiger partial charge in [-0.05, 0) is 43.2 Å². The molecule has 7 heteroatoms. The number of sulfonamides is 1. The molecular weight excluding hydrogens is 372 g/mol. The number of hydrogen-bond acceptors (Lipinski definition) is 3. The zero-order valence-corrected chi connectivity index (χ0v) is 16.6. The van der Waals surface area contributed by atoms with Gasteiger partial charge in [0.05, 0.1) is 21.2 Å². The SMILES string of the molecule is CCN(c1ccccc1)S(=O)(=O)c1ccc(Cl)c(C(=O)NCC(C)C)c1. The Balaban J connectivity index is 2.41. The van der Waals surface area contributed by atoms with Crippen LogP contribution in [0, 0.1) is 5.92 Å². The first-order chi connectivity index (χ1) is 12.3. The van der Waals surface area contributed by atoms with Gasteiger partial charge >= 0.3 is 0 Å². The molecule has 140 valence electrons. The zero-order valence-electron chi connectivity index (χ0n) is 15.1. The Bertz CT molecular complexity index is 868. The molecule has 2 aromatic rings. The average molecular weight is 395 g/mol. The molecule has 2 aromatic carbocycles. The van der Waals surface area contributed by atoms with E-state index < -0.39 is 10.0 Å². The fourth-order valence-corrected chi connectivity index (χ4v) is 4.15. The lowest BCUT2D eigenvalue weighted by atomic mass is 10.2. The van der Waals surface area contributed by atoms with E-state index >= 15 is 0 Å². The van der Waals surface area contributed by atoms with Gasteiger partial charge in [-0.3, -0.25) is 9.10 Å². The van der Waals surface area contributed by atoms with Gasteiger partial charge in [0.1, 0.15) is 0 Å². The maximum Gasteiger partial charge on any atom is 0.264 e. The fraction of sp³-hybridized carbons (Fsp3) is 0.316. The molecule has 0 saturated carbocycles. The quantitative estimate of drug-likeness (QED) is 0.773. The summed E-state index contributed by atoms with van der Waals surface area (Å²) in [6.07, 6.45) is 0. The molecule has 0 unspecified atom stereocenters. The molecule has 5 nitrogen and oxygen atoms in total. The van der Waals surface area contributed by atoms with E-state index in [0.717, 1.165) is 0 Å². The van der Waals surface area contributed by atoms with E-state index in [9.17, 15) is 13.2 Å². The Kier molecular flexibility index (Phi) is 6.67. The van der Waals surface area contributed by atoms with Crippen LogP contribution in [0.25, 0.3) is 0 Å². The largest absolute Gasteiger partial charge is 0.352 e. The van der Waals surface area contributed by atoms with Crippen molar-refractivity contribution in [1.82, 2.24) is 5.32 Å². The van der Waals surface area contributed by atoms with E-state index in [-0.39, 0.29) is 33.9 Å². The van der Waals surface area contributed by atoms with Crippen molar-refractivity contribution in [1.29, 1.82) is 0 Å². The molecule has 0 radical (unpaired) electrons. The second-order valence-electron chi connectivity index (χ2n) is 6.25. The van der Waals surface area contributed by atoms with E-state index in [1.807, 2.05) is 19.9 Å². The molecule has 0 heterocycles. The van der Waals surface area contributed by atoms with Crippen LogP contribution in [0.5, 0.6) is 0 Å². The Morgan fingerprint density at radius 1 is 1.15 bits per heavy atom. The summed E-state index contributed by atoms with van der Waals surface area (Å²) in [6, 6.07) is 13.0. The standard InChI is InChI=1S/C19H23ClN2O3S/c1-4-22(15-8-6-5-7-9-15)26(24,25)16-10-11-18(20)17(12-16)19(23)21-13-14(2)3/h5-12,14H,4,13H2,1-3H3,(H,21,23). The van der Waals surface area contributed by atoms with Gasteiger partial charge in [0.25, 0.3) is 15.9 Å². The molecule has 0 saturated heterocycles. The van der Waals surface area contributed by atoms with E-state index in [1.165, 1.54) is 22.5 Å². The third-order valence-electron chi connectivity index (χ3n) is 3.77. The van der Waals surface area contributed by atoms with Gasteiger partial charge in [-0.1, -0.05) is 43.6 Å². The van der Waals surface area contributed by atoms with Crippen molar-refractivity contribution in [3.05, 3.63) is 59.1 Å². The highest BCUT2D eigenvalue weighted by molar-refractivity contribution is 7.92. The maximum absolute atomic E-state index is 13.1. The Morgan fingerprint density at radius 2 is 1.81 bits per heavy atom. The van der Waals surface area contributed by atoms with E-state index in [0.29, 0.717) is 12.2 Å². The first-order valence-corrected chi connectivity index (χ1v) is 10.2. The number of halogens is 1. The molecule has 26 heavy (non-hydrogen) atoms. The van der Waals surface area contributed by atoms with Gasteiger partial charge in [0, 0.05) is 13.1 Å². The number of amides is 1. The highest BCUT2D eigenvalue weighted by Crippen LogP contribution is 2.26. The van der Waals surface area contributed by atoms with Crippen molar-refractivity contribution in [3.63, 3.8) is 0 Å². The topological polar surface area (TPSA) is 66.5 Å². The first-order valence-electron chi connectivity index (χ1n) is 8.43. The molecular formula is C19H23ClN2O3S. The summed E-state index contributed by atoms with van der Waals surface area (Å²) in [6.45, 7) is 6.46. The van der Waals surface area contributed by atoms with Crippen LogP contribution in [0.2, 0.25) is 5.02 Å². The number of anilines is 1. The summed E-state index contributed by atoms with van der Waals surface area (Å²) in [5.41, 5.74) is 0.716. The fourth-order valence-electron chi connectivity index (χ4n) is 2.44. The summed E-state index contributed by atoms with van der Waals surface area (Å²) in [5.74, 6) is -0.109. The van der Waals surface area contributed by atoms with Gasteiger partial charge in [-0.2, -0.15) is 0 Å². The average Bonchev–Trinajstić information content (AvgIpc) is 2.61. The van der Waals surface area contributed by atoms with E-state index in [2.05, 4.69) is 5.32 Å². The monoisotopic (exact) mass is 394 g/mol. The number of hydrogen-bond donors (Lipinski definition) is 1. The van der Waals surface area contributed by atoms with Crippen molar-refractivity contribution in [2.45, 2.75) is 25.7 Å². The summed E-state index contributed by atoms with van der Waals surface area (Å²) < 4.78 is 27.4. The van der Waals surface area contributed by atoms with E-state index in [4.69, 9.17) is 11.6 Å². The molecule has 1 amide bonds. The molecule has 0 aliphatic heterocycles. The minimum atomic E-state index is -3.81. The number of nitrogens with one attached hydrogen (secondary N) is 1. The minimum Gasteiger partial charge on any atom is -0.352 e. The van der Waals surface area contributed by atoms with Crippen LogP contribution in [0.3, 0.4) is 0 Å². The summed E-state index contributed by atoms with van der Waals surface area (Å²) in [4.78, 5) is 12.4. The normalized spacial score (nSPS) is 11.4. The van der Waals surface area contributed by atoms with Crippen molar-refractivity contribution in [2.75, 3.05) is 17.4 Å². The predicted octanol–water partition coefficient (Wildman–Crippen LogP) is 3.94. The van der Waals surface area contributed by atoms with Gasteiger partial charge in [-0.15, -0.1) is 0 Å². The van der Waals surface area contributed by atoms with Crippen LogP contribution >= 0.6 is 11.6 Å². The second-order valence-corrected chi connectivity index (χ2v) is 8.52. The molecule has 0 aliphatic carbocycles. The van der Waals surface area contributed by atoms with Gasteiger partial charge < -0.3 is 5.32 Å². The van der Waals surface area contributed by atoms with Crippen LogP contribution in [0.1, 0.15) is 31.1 Å². The number of rotatable bonds is 7. The van der Waals surface area contributed by atoms with Crippen LogP contribution < -0.4 is 9.62 Å². The highest BCUT2D eigenvalue weighted by atomic mass is 35.5. The number of para-hydroxylation sites is 1. The molecule has 0 aliphatic rings. The zero-order chi connectivity index (χ0) is 19.3. The molecule has 0 spiro atoms. The summed E-state index contributed by atoms with van der Waals surface area (Å²) in [7, 11) is -3.81. The molecule has 0 fully saturated rings. The number of benzene rings is 2. The number of carbonyl (C=O) groups excluding carboxylic acids is 1. The van der Waals surface area contributed by atoms with Gasteiger partial charge in [-0.25, -0.2) is 8.42 Å². The van der Waals surface area contributed by atoms with Crippen molar-refractivity contribution >= 4 is 33.2 Å². The van der Waals surface area contributed by atoms with Crippen molar-refractivity contribution in [3.8, 4) is 0 Å². The lowest BCUT2D eigenvalue weighted by Gasteiger charge is -2.23. The Morgan fingerprint density at radius 3 is 2.38 bits per heavy atom. The maximum atomic E-state index is 13.1. The first kappa shape index (κ1) is 20.3. The van der Waals surface area contributed by atoms with Gasteiger partial charge in [0.2, 0.25) is 0 Å². The van der Waals surface area contributed by atoms with E-state index in [1.54, 1.807) is 31.2 Å². The van der Waals surface area contributed by atoms with Gasteiger partial charge in [0.15, 0.2) is 0 Å². The smallest absolute Gasteiger partial charge is 0.264 e. The summed E-state index contributed by atoms with van der Waals surface area (Å²) in [5, 5.41) is 2.98. The Hall–Kier alpha value is -2.05. The van der Waals surface area contributed by atoms with Crippen LogP contribution in [-0.4, -0.2) is 27.4 Å². The van der Waals surface area contributed by atoms with Crippen molar-refractivity contribution in [2.24, 2.45) is 5.92 Å². The third-order valence-corrected chi connectivity index (χ3v) is 6.00. The summed E-state index contributed by atoms with van der Waals surface area (Å²) >= 11 is 6.12. The number of nitrogens with zero attached hydrogens (tertiary/aromatic N) is 1. The molecule has 1 N–H and O–H groups in total. The molecule has 0 atom stereocenters. The Labute approximate surface area is 160 Å². The molecule has 2 rings (SSSR count). The third kappa shape index (κ3) is 4.56. The van der Waals surface area contributed by atoms with Crippen LogP contribution in [-0.2, 0) is 10.0 Å². The highest BCUT2D eigenvalue weighted by Gasteiger charge is 2.25. The second kappa shape index (κ2) is 8.56. The molecule has 0 bridgehead atoms. The lowest BCUT2D eigenvalue weighted by molar-refractivity contribution is 0.0949. The van der Waals surface area contributed by atoms with Crippen molar-refractivity contribution < 1.29 is 13.2 Å². The molecule has 0 aromatic heterocycles. The minimum absolute atomic E-state index is 0.0299. The predicted molar refractivity (Wildman–Crippen MR) is 105 cm³/mol. The lowest BCUT2D eigenvalue weighted by Crippen LogP contribution is -2.31.